The first-order valence-electron chi connectivity index (χ1n) is 5.50. The molecule has 0 N–H and O–H groups in total. The van der Waals surface area contributed by atoms with Crippen LogP contribution < -0.4 is 9.47 Å². The smallest absolute Gasteiger partial charge is 0.153 e. The van der Waals surface area contributed by atoms with E-state index in [1.165, 1.54) is 0 Å². The predicted molar refractivity (Wildman–Crippen MR) is 85.3 cm³/mol. The molecule has 0 radical (unpaired) electrons. The van der Waals surface area contributed by atoms with Crippen molar-refractivity contribution in [2.75, 3.05) is 7.11 Å². The van der Waals surface area contributed by atoms with Crippen LogP contribution in [0.2, 0.25) is 5.02 Å². The minimum atomic E-state index is 0.394. The average Bonchev–Trinajstić information content (AvgIpc) is 2.42. The average molecular weight is 420 g/mol. The lowest BCUT2D eigenvalue weighted by Gasteiger charge is -2.12. The number of aldehydes is 1. The van der Waals surface area contributed by atoms with Gasteiger partial charge in [-0.2, -0.15) is 0 Å². The molecule has 3 nitrogen and oxygen atoms in total. The van der Waals surface area contributed by atoms with Crippen LogP contribution in [0.1, 0.15) is 10.4 Å². The van der Waals surface area contributed by atoms with Gasteiger partial charge in [-0.25, -0.2) is 0 Å². The van der Waals surface area contributed by atoms with E-state index in [0.717, 1.165) is 10.8 Å². The molecule has 0 bridgehead atoms. The number of methoxy groups -OCH3 is 1. The first-order valence-corrected chi connectivity index (χ1v) is 7.47. The molecule has 0 aliphatic carbocycles. The molecule has 0 amide bonds. The SMILES string of the molecule is COc1cc(Br)c(Oc2cc(Cl)ccc2C=O)cc1Br. The molecular weight excluding hydrogens is 411 g/mol. The van der Waals surface area contributed by atoms with Crippen molar-refractivity contribution < 1.29 is 14.3 Å². The van der Waals surface area contributed by atoms with Gasteiger partial charge in [0.15, 0.2) is 6.29 Å². The van der Waals surface area contributed by atoms with Gasteiger partial charge in [0.1, 0.15) is 17.2 Å². The van der Waals surface area contributed by atoms with Gasteiger partial charge in [-0.3, -0.25) is 4.79 Å². The van der Waals surface area contributed by atoms with Crippen LogP contribution in [0.5, 0.6) is 17.2 Å². The van der Waals surface area contributed by atoms with E-state index < -0.39 is 0 Å². The molecule has 0 saturated heterocycles. The summed E-state index contributed by atoms with van der Waals surface area (Å²) in [6, 6.07) is 8.35. The van der Waals surface area contributed by atoms with Crippen LogP contribution in [0.25, 0.3) is 0 Å². The molecule has 2 aromatic rings. The Hall–Kier alpha value is -1.04. The molecule has 104 valence electrons. The van der Waals surface area contributed by atoms with Crippen LogP contribution >= 0.6 is 43.5 Å². The standard InChI is InChI=1S/C14H9Br2ClO3/c1-19-13-5-11(16)14(6-10(13)15)20-12-4-9(17)3-2-8(12)7-18/h2-7H,1H3. The second kappa shape index (κ2) is 6.61. The van der Waals surface area contributed by atoms with Gasteiger partial charge < -0.3 is 9.47 Å². The summed E-state index contributed by atoms with van der Waals surface area (Å²) < 4.78 is 12.4. The molecule has 2 rings (SSSR count). The molecule has 0 aromatic heterocycles. The molecule has 20 heavy (non-hydrogen) atoms. The predicted octanol–water partition coefficient (Wildman–Crippen LogP) is 5.48. The summed E-state index contributed by atoms with van der Waals surface area (Å²) in [5.74, 6) is 1.61. The van der Waals surface area contributed by atoms with Crippen LogP contribution in [0.3, 0.4) is 0 Å². The Labute approximate surface area is 138 Å². The van der Waals surface area contributed by atoms with Crippen molar-refractivity contribution in [1.82, 2.24) is 0 Å². The second-order valence-corrected chi connectivity index (χ2v) is 5.96. The van der Waals surface area contributed by atoms with Crippen molar-refractivity contribution in [2.45, 2.75) is 0 Å². The minimum absolute atomic E-state index is 0.394. The molecular formula is C14H9Br2ClO3. The largest absolute Gasteiger partial charge is 0.496 e. The van der Waals surface area contributed by atoms with Crippen LogP contribution in [-0.4, -0.2) is 13.4 Å². The van der Waals surface area contributed by atoms with Crippen molar-refractivity contribution >= 4 is 49.7 Å². The summed E-state index contributed by atoms with van der Waals surface area (Å²) >= 11 is 12.7. The highest BCUT2D eigenvalue weighted by Gasteiger charge is 2.11. The monoisotopic (exact) mass is 418 g/mol. The molecule has 0 aliphatic heterocycles. The van der Waals surface area contributed by atoms with Gasteiger partial charge in [0.2, 0.25) is 0 Å². The van der Waals surface area contributed by atoms with Crippen LogP contribution in [-0.2, 0) is 0 Å². The summed E-state index contributed by atoms with van der Waals surface area (Å²) in [6.07, 6.45) is 0.720. The van der Waals surface area contributed by atoms with E-state index in [9.17, 15) is 4.79 Å². The van der Waals surface area contributed by atoms with E-state index in [2.05, 4.69) is 31.9 Å². The molecule has 0 aliphatic rings. The lowest BCUT2D eigenvalue weighted by Crippen LogP contribution is -1.93. The molecule has 0 saturated carbocycles. The first kappa shape index (κ1) is 15.4. The number of carbonyl (C=O) groups excluding carboxylic acids is 1. The number of rotatable bonds is 4. The Morgan fingerprint density at radius 1 is 1.05 bits per heavy atom. The lowest BCUT2D eigenvalue weighted by molar-refractivity contribution is 0.112. The van der Waals surface area contributed by atoms with Gasteiger partial charge in [0, 0.05) is 11.1 Å². The van der Waals surface area contributed by atoms with E-state index in [1.54, 1.807) is 37.4 Å². The minimum Gasteiger partial charge on any atom is -0.496 e. The fourth-order valence-corrected chi connectivity index (χ4v) is 2.61. The van der Waals surface area contributed by atoms with Crippen molar-refractivity contribution in [3.63, 3.8) is 0 Å². The molecule has 0 spiro atoms. The van der Waals surface area contributed by atoms with E-state index in [1.807, 2.05) is 0 Å². The van der Waals surface area contributed by atoms with Crippen LogP contribution in [0.15, 0.2) is 39.3 Å². The van der Waals surface area contributed by atoms with Gasteiger partial charge in [-0.15, -0.1) is 0 Å². The van der Waals surface area contributed by atoms with Gasteiger partial charge in [-0.05, 0) is 56.1 Å². The Kier molecular flexibility index (Phi) is 5.07. The summed E-state index contributed by atoms with van der Waals surface area (Å²) in [7, 11) is 1.58. The van der Waals surface area contributed by atoms with E-state index >= 15 is 0 Å². The molecule has 0 unspecified atom stereocenters. The van der Waals surface area contributed by atoms with Crippen molar-refractivity contribution in [2.24, 2.45) is 0 Å². The highest BCUT2D eigenvalue weighted by molar-refractivity contribution is 9.11. The van der Waals surface area contributed by atoms with E-state index in [4.69, 9.17) is 21.1 Å². The van der Waals surface area contributed by atoms with Gasteiger partial charge in [0.05, 0.1) is 21.6 Å². The molecule has 6 heteroatoms. The highest BCUT2D eigenvalue weighted by Crippen LogP contribution is 2.39. The first-order chi connectivity index (χ1) is 9.55. The number of hydrogen-bond donors (Lipinski definition) is 0. The molecule has 2 aromatic carbocycles. The van der Waals surface area contributed by atoms with Crippen molar-refractivity contribution in [1.29, 1.82) is 0 Å². The Morgan fingerprint density at radius 3 is 2.35 bits per heavy atom. The Bertz CT molecular complexity index is 659. The number of benzene rings is 2. The van der Waals surface area contributed by atoms with E-state index in [0.29, 0.717) is 32.3 Å². The van der Waals surface area contributed by atoms with E-state index in [-0.39, 0.29) is 0 Å². The molecule has 0 heterocycles. The Balaban J connectivity index is 2.42. The fourth-order valence-electron chi connectivity index (χ4n) is 1.56. The van der Waals surface area contributed by atoms with Gasteiger partial charge in [-0.1, -0.05) is 11.6 Å². The third-order valence-electron chi connectivity index (χ3n) is 2.53. The van der Waals surface area contributed by atoms with Crippen molar-refractivity contribution in [3.05, 3.63) is 49.9 Å². The zero-order valence-corrected chi connectivity index (χ0v) is 14.3. The van der Waals surface area contributed by atoms with Gasteiger partial charge in [0.25, 0.3) is 0 Å². The zero-order valence-electron chi connectivity index (χ0n) is 10.3. The normalized spacial score (nSPS) is 10.2. The number of halogens is 3. The molecule has 0 atom stereocenters. The summed E-state index contributed by atoms with van der Waals surface area (Å²) in [5, 5.41) is 0.495. The zero-order chi connectivity index (χ0) is 14.7. The second-order valence-electron chi connectivity index (χ2n) is 3.82. The number of carbonyl (C=O) groups is 1. The summed E-state index contributed by atoms with van der Waals surface area (Å²) in [5.41, 5.74) is 0.424. The third-order valence-corrected chi connectivity index (χ3v) is 4.00. The Morgan fingerprint density at radius 2 is 1.70 bits per heavy atom. The molecule has 0 fully saturated rings. The summed E-state index contributed by atoms with van der Waals surface area (Å²) in [6.45, 7) is 0. The maximum absolute atomic E-state index is 11.0. The highest BCUT2D eigenvalue weighted by atomic mass is 79.9. The quantitative estimate of drug-likeness (QED) is 0.615. The maximum Gasteiger partial charge on any atom is 0.153 e. The van der Waals surface area contributed by atoms with Gasteiger partial charge >= 0.3 is 0 Å². The van der Waals surface area contributed by atoms with Crippen LogP contribution in [0, 0.1) is 0 Å². The maximum atomic E-state index is 11.0. The van der Waals surface area contributed by atoms with Crippen LogP contribution in [0.4, 0.5) is 0 Å². The number of ether oxygens (including phenoxy) is 2. The fraction of sp³-hybridized carbons (Fsp3) is 0.0714. The number of hydrogen-bond acceptors (Lipinski definition) is 3. The third kappa shape index (κ3) is 3.34. The topological polar surface area (TPSA) is 35.5 Å². The summed E-state index contributed by atoms with van der Waals surface area (Å²) in [4.78, 5) is 11.0. The van der Waals surface area contributed by atoms with Crippen molar-refractivity contribution in [3.8, 4) is 17.2 Å². The lowest BCUT2D eigenvalue weighted by atomic mass is 10.2.